The fourth-order valence-corrected chi connectivity index (χ4v) is 2.50. The molecule has 2 N–H and O–H groups in total. The first kappa shape index (κ1) is 10.1. The zero-order valence-electron chi connectivity index (χ0n) is 8.82. The summed E-state index contributed by atoms with van der Waals surface area (Å²) in [4.78, 5) is 4.48. The van der Waals surface area contributed by atoms with E-state index >= 15 is 0 Å². The van der Waals surface area contributed by atoms with Crippen molar-refractivity contribution < 1.29 is 4.42 Å². The van der Waals surface area contributed by atoms with Crippen molar-refractivity contribution in [1.82, 2.24) is 4.98 Å². The Hall–Kier alpha value is -1.06. The summed E-state index contributed by atoms with van der Waals surface area (Å²) in [7, 11) is 0. The summed E-state index contributed by atoms with van der Waals surface area (Å²) in [6.45, 7) is 0. The SMILES string of the molecule is N[C@H]1CC[C@@H](c2nc3cc(Cl)ccc3o2)C1. The van der Waals surface area contributed by atoms with Gasteiger partial charge in [-0.05, 0) is 37.5 Å². The number of fused-ring (bicyclic) bond motifs is 1. The second-order valence-electron chi connectivity index (χ2n) is 4.43. The van der Waals surface area contributed by atoms with E-state index in [1.807, 2.05) is 18.2 Å². The summed E-state index contributed by atoms with van der Waals surface area (Å²) in [5.74, 6) is 1.19. The third-order valence-corrected chi connectivity index (χ3v) is 3.42. The molecule has 4 heteroatoms. The van der Waals surface area contributed by atoms with Crippen LogP contribution in [0.4, 0.5) is 0 Å². The molecule has 0 aliphatic heterocycles. The Morgan fingerprint density at radius 3 is 3.00 bits per heavy atom. The van der Waals surface area contributed by atoms with Gasteiger partial charge in [0.1, 0.15) is 5.52 Å². The summed E-state index contributed by atoms with van der Waals surface area (Å²) in [5, 5.41) is 0.690. The van der Waals surface area contributed by atoms with Gasteiger partial charge in [-0.2, -0.15) is 0 Å². The van der Waals surface area contributed by atoms with Gasteiger partial charge in [0, 0.05) is 17.0 Å². The number of nitrogens with two attached hydrogens (primary N) is 1. The molecular formula is C12H13ClN2O. The van der Waals surface area contributed by atoms with Crippen LogP contribution in [-0.2, 0) is 0 Å². The monoisotopic (exact) mass is 236 g/mol. The van der Waals surface area contributed by atoms with E-state index in [9.17, 15) is 0 Å². The van der Waals surface area contributed by atoms with Crippen molar-refractivity contribution in [2.24, 2.45) is 5.73 Å². The molecule has 3 rings (SSSR count). The van der Waals surface area contributed by atoms with Gasteiger partial charge in [0.15, 0.2) is 11.5 Å². The average Bonchev–Trinajstić information content (AvgIpc) is 2.83. The lowest BCUT2D eigenvalue weighted by molar-refractivity contribution is 0.471. The summed E-state index contributed by atoms with van der Waals surface area (Å²) in [6, 6.07) is 5.81. The van der Waals surface area contributed by atoms with Crippen LogP contribution in [0.5, 0.6) is 0 Å². The molecule has 0 radical (unpaired) electrons. The highest BCUT2D eigenvalue weighted by molar-refractivity contribution is 6.31. The quantitative estimate of drug-likeness (QED) is 0.828. The van der Waals surface area contributed by atoms with Crippen molar-refractivity contribution in [1.29, 1.82) is 0 Å². The third-order valence-electron chi connectivity index (χ3n) is 3.19. The van der Waals surface area contributed by atoms with Gasteiger partial charge in [-0.25, -0.2) is 4.98 Å². The van der Waals surface area contributed by atoms with Crippen molar-refractivity contribution in [2.75, 3.05) is 0 Å². The van der Waals surface area contributed by atoms with Gasteiger partial charge in [-0.1, -0.05) is 11.6 Å². The van der Waals surface area contributed by atoms with Gasteiger partial charge in [0.05, 0.1) is 0 Å². The molecule has 16 heavy (non-hydrogen) atoms. The molecule has 3 nitrogen and oxygen atoms in total. The molecule has 1 aliphatic rings. The Balaban J connectivity index is 1.99. The smallest absolute Gasteiger partial charge is 0.198 e. The summed E-state index contributed by atoms with van der Waals surface area (Å²) >= 11 is 5.91. The molecule has 1 aromatic heterocycles. The number of oxazole rings is 1. The average molecular weight is 237 g/mol. The molecule has 1 aliphatic carbocycles. The van der Waals surface area contributed by atoms with E-state index in [-0.39, 0.29) is 0 Å². The lowest BCUT2D eigenvalue weighted by Crippen LogP contribution is -2.14. The Kier molecular flexibility index (Phi) is 2.37. The van der Waals surface area contributed by atoms with Gasteiger partial charge < -0.3 is 10.2 Å². The van der Waals surface area contributed by atoms with E-state index in [1.165, 1.54) is 0 Å². The minimum atomic E-state index is 0.295. The first-order valence-electron chi connectivity index (χ1n) is 5.54. The number of rotatable bonds is 1. The predicted molar refractivity (Wildman–Crippen MR) is 63.6 cm³/mol. The molecule has 0 bridgehead atoms. The summed E-state index contributed by atoms with van der Waals surface area (Å²) < 4.78 is 5.73. The fourth-order valence-electron chi connectivity index (χ4n) is 2.33. The van der Waals surface area contributed by atoms with Crippen LogP contribution in [0.3, 0.4) is 0 Å². The summed E-state index contributed by atoms with van der Waals surface area (Å²) in [6.07, 6.45) is 3.10. The topological polar surface area (TPSA) is 52.0 Å². The molecule has 2 atom stereocenters. The maximum Gasteiger partial charge on any atom is 0.198 e. The second kappa shape index (κ2) is 3.75. The van der Waals surface area contributed by atoms with Crippen molar-refractivity contribution in [3.63, 3.8) is 0 Å². The van der Waals surface area contributed by atoms with Crippen LogP contribution >= 0.6 is 11.6 Å². The zero-order valence-corrected chi connectivity index (χ0v) is 9.57. The molecule has 0 saturated heterocycles. The van der Waals surface area contributed by atoms with Crippen LogP contribution in [0.1, 0.15) is 31.1 Å². The molecule has 1 heterocycles. The standard InChI is InChI=1S/C12H13ClN2O/c13-8-2-4-11-10(6-8)15-12(16-11)7-1-3-9(14)5-7/h2,4,6-7,9H,1,3,5,14H2/t7-,9+/m1/s1. The Labute approximate surface area is 98.6 Å². The van der Waals surface area contributed by atoms with E-state index in [4.69, 9.17) is 21.8 Å². The number of hydrogen-bond donors (Lipinski definition) is 1. The van der Waals surface area contributed by atoms with E-state index in [0.29, 0.717) is 17.0 Å². The van der Waals surface area contributed by atoms with Crippen molar-refractivity contribution in [2.45, 2.75) is 31.2 Å². The third kappa shape index (κ3) is 1.70. The maximum absolute atomic E-state index is 5.91. The molecule has 0 unspecified atom stereocenters. The van der Waals surface area contributed by atoms with E-state index in [0.717, 1.165) is 36.3 Å². The molecule has 1 fully saturated rings. The first-order valence-corrected chi connectivity index (χ1v) is 5.92. The minimum Gasteiger partial charge on any atom is -0.440 e. The van der Waals surface area contributed by atoms with Crippen molar-refractivity contribution >= 4 is 22.7 Å². The largest absolute Gasteiger partial charge is 0.440 e. The minimum absolute atomic E-state index is 0.295. The predicted octanol–water partition coefficient (Wildman–Crippen LogP) is 3.08. The number of hydrogen-bond acceptors (Lipinski definition) is 3. The number of nitrogens with zero attached hydrogens (tertiary/aromatic N) is 1. The Morgan fingerprint density at radius 1 is 1.38 bits per heavy atom. The van der Waals surface area contributed by atoms with E-state index in [1.54, 1.807) is 0 Å². The highest BCUT2D eigenvalue weighted by atomic mass is 35.5. The van der Waals surface area contributed by atoms with Gasteiger partial charge in [0.25, 0.3) is 0 Å². The van der Waals surface area contributed by atoms with Crippen LogP contribution in [0.15, 0.2) is 22.6 Å². The van der Waals surface area contributed by atoms with Crippen molar-refractivity contribution in [3.05, 3.63) is 29.1 Å². The normalized spacial score (nSPS) is 25.4. The number of halogens is 1. The molecular weight excluding hydrogens is 224 g/mol. The van der Waals surface area contributed by atoms with Gasteiger partial charge in [-0.3, -0.25) is 0 Å². The molecule has 1 saturated carbocycles. The number of aromatic nitrogens is 1. The van der Waals surface area contributed by atoms with Crippen LogP contribution in [0.25, 0.3) is 11.1 Å². The Morgan fingerprint density at radius 2 is 2.25 bits per heavy atom. The highest BCUT2D eigenvalue weighted by Crippen LogP contribution is 2.34. The van der Waals surface area contributed by atoms with Crippen LogP contribution in [0, 0.1) is 0 Å². The van der Waals surface area contributed by atoms with Crippen LogP contribution < -0.4 is 5.73 Å². The molecule has 2 aromatic rings. The van der Waals surface area contributed by atoms with Crippen molar-refractivity contribution in [3.8, 4) is 0 Å². The zero-order chi connectivity index (χ0) is 11.1. The van der Waals surface area contributed by atoms with E-state index < -0.39 is 0 Å². The lowest BCUT2D eigenvalue weighted by atomic mass is 10.1. The van der Waals surface area contributed by atoms with E-state index in [2.05, 4.69) is 4.98 Å². The second-order valence-corrected chi connectivity index (χ2v) is 4.87. The van der Waals surface area contributed by atoms with Crippen LogP contribution in [0.2, 0.25) is 5.02 Å². The van der Waals surface area contributed by atoms with Gasteiger partial charge in [0.2, 0.25) is 0 Å². The fraction of sp³-hybridized carbons (Fsp3) is 0.417. The van der Waals surface area contributed by atoms with Crippen LogP contribution in [-0.4, -0.2) is 11.0 Å². The first-order chi connectivity index (χ1) is 7.72. The number of benzene rings is 1. The molecule has 1 aromatic carbocycles. The lowest BCUT2D eigenvalue weighted by Gasteiger charge is -2.02. The van der Waals surface area contributed by atoms with Gasteiger partial charge in [-0.15, -0.1) is 0 Å². The highest BCUT2D eigenvalue weighted by Gasteiger charge is 2.27. The molecule has 0 amide bonds. The Bertz CT molecular complexity index is 523. The maximum atomic E-state index is 5.91. The summed E-state index contributed by atoms with van der Waals surface area (Å²) in [5.41, 5.74) is 7.53. The van der Waals surface area contributed by atoms with Gasteiger partial charge >= 0.3 is 0 Å². The molecule has 0 spiro atoms. The molecule has 84 valence electrons.